The molecule has 0 saturated heterocycles. The number of hydrogen-bond acceptors (Lipinski definition) is 1. The third kappa shape index (κ3) is 1.80. The lowest BCUT2D eigenvalue weighted by Crippen LogP contribution is -2.29. The molecule has 2 rings (SSSR count). The molecule has 1 aliphatic heterocycles. The Morgan fingerprint density at radius 2 is 2.36 bits per heavy atom. The van der Waals surface area contributed by atoms with Gasteiger partial charge in [-0.1, -0.05) is 19.4 Å². The molecule has 0 fully saturated rings. The van der Waals surface area contributed by atoms with Gasteiger partial charge in [-0.25, -0.2) is 4.39 Å². The summed E-state index contributed by atoms with van der Waals surface area (Å²) in [7, 11) is 0. The minimum absolute atomic E-state index is 0.110. The first-order valence-corrected chi connectivity index (χ1v) is 5.33. The van der Waals surface area contributed by atoms with E-state index in [9.17, 15) is 4.39 Å². The molecule has 0 saturated carbocycles. The van der Waals surface area contributed by atoms with Crippen molar-refractivity contribution in [1.29, 1.82) is 0 Å². The third-order valence-electron chi connectivity index (χ3n) is 2.84. The van der Waals surface area contributed by atoms with Crippen LogP contribution in [0.25, 0.3) is 0 Å². The van der Waals surface area contributed by atoms with Crippen LogP contribution >= 0.6 is 0 Å². The number of halogens is 1. The van der Waals surface area contributed by atoms with Crippen molar-refractivity contribution < 1.29 is 4.39 Å². The highest BCUT2D eigenvalue weighted by Gasteiger charge is 2.18. The highest BCUT2D eigenvalue weighted by atomic mass is 19.1. The summed E-state index contributed by atoms with van der Waals surface area (Å²) in [4.78, 5) is 0. The SMILES string of the molecule is CCCC1NCCc2cc(F)ccc21. The van der Waals surface area contributed by atoms with E-state index >= 15 is 0 Å². The Morgan fingerprint density at radius 3 is 3.14 bits per heavy atom. The molecule has 0 aliphatic carbocycles. The molecule has 1 heterocycles. The van der Waals surface area contributed by atoms with Crippen LogP contribution in [-0.4, -0.2) is 6.54 Å². The number of fused-ring (bicyclic) bond motifs is 1. The zero-order chi connectivity index (χ0) is 9.97. The zero-order valence-electron chi connectivity index (χ0n) is 8.52. The molecule has 76 valence electrons. The summed E-state index contributed by atoms with van der Waals surface area (Å²) in [5.74, 6) is -0.110. The average molecular weight is 193 g/mol. The van der Waals surface area contributed by atoms with Crippen molar-refractivity contribution in [3.05, 3.63) is 35.1 Å². The van der Waals surface area contributed by atoms with Gasteiger partial charge in [0.1, 0.15) is 5.82 Å². The van der Waals surface area contributed by atoms with E-state index in [1.807, 2.05) is 6.07 Å². The van der Waals surface area contributed by atoms with Crippen LogP contribution in [0, 0.1) is 5.82 Å². The number of nitrogens with one attached hydrogen (secondary N) is 1. The van der Waals surface area contributed by atoms with Gasteiger partial charge in [0.25, 0.3) is 0 Å². The van der Waals surface area contributed by atoms with Crippen molar-refractivity contribution >= 4 is 0 Å². The summed E-state index contributed by atoms with van der Waals surface area (Å²) < 4.78 is 13.0. The van der Waals surface area contributed by atoms with Crippen LogP contribution in [0.1, 0.15) is 36.9 Å². The molecule has 1 aliphatic rings. The molecule has 0 amide bonds. The van der Waals surface area contributed by atoms with Gasteiger partial charge in [-0.3, -0.25) is 0 Å². The molecule has 1 N–H and O–H groups in total. The predicted molar refractivity (Wildman–Crippen MR) is 55.8 cm³/mol. The number of rotatable bonds is 2. The van der Waals surface area contributed by atoms with Crippen molar-refractivity contribution in [2.75, 3.05) is 6.54 Å². The van der Waals surface area contributed by atoms with Gasteiger partial charge in [0.15, 0.2) is 0 Å². The third-order valence-corrected chi connectivity index (χ3v) is 2.84. The van der Waals surface area contributed by atoms with Crippen molar-refractivity contribution in [3.63, 3.8) is 0 Å². The Labute approximate surface area is 84.3 Å². The molecule has 1 unspecified atom stereocenters. The van der Waals surface area contributed by atoms with Gasteiger partial charge in [-0.05, 0) is 42.6 Å². The van der Waals surface area contributed by atoms with Crippen LogP contribution in [0.3, 0.4) is 0 Å². The monoisotopic (exact) mass is 193 g/mol. The second-order valence-electron chi connectivity index (χ2n) is 3.89. The van der Waals surface area contributed by atoms with E-state index in [2.05, 4.69) is 12.2 Å². The highest BCUT2D eigenvalue weighted by molar-refractivity contribution is 5.32. The van der Waals surface area contributed by atoms with Crippen LogP contribution in [0.5, 0.6) is 0 Å². The minimum Gasteiger partial charge on any atom is -0.310 e. The van der Waals surface area contributed by atoms with Crippen LogP contribution < -0.4 is 5.32 Å². The molecule has 1 aromatic carbocycles. The molecule has 1 aromatic rings. The Balaban J connectivity index is 2.30. The molecular formula is C12H16FN. The molecule has 0 bridgehead atoms. The average Bonchev–Trinajstić information content (AvgIpc) is 2.18. The fraction of sp³-hybridized carbons (Fsp3) is 0.500. The summed E-state index contributed by atoms with van der Waals surface area (Å²) in [6, 6.07) is 5.61. The Kier molecular flexibility index (Phi) is 2.82. The Hall–Kier alpha value is -0.890. The van der Waals surface area contributed by atoms with Crippen molar-refractivity contribution in [1.82, 2.24) is 5.32 Å². The van der Waals surface area contributed by atoms with E-state index in [-0.39, 0.29) is 5.82 Å². The van der Waals surface area contributed by atoms with E-state index in [4.69, 9.17) is 0 Å². The second kappa shape index (κ2) is 4.09. The van der Waals surface area contributed by atoms with E-state index in [0.717, 1.165) is 25.8 Å². The highest BCUT2D eigenvalue weighted by Crippen LogP contribution is 2.26. The fourth-order valence-corrected chi connectivity index (χ4v) is 2.17. The summed E-state index contributed by atoms with van der Waals surface area (Å²) in [5, 5.41) is 3.47. The van der Waals surface area contributed by atoms with E-state index in [1.54, 1.807) is 12.1 Å². The summed E-state index contributed by atoms with van der Waals surface area (Å²) in [6.07, 6.45) is 3.25. The molecule has 0 spiro atoms. The van der Waals surface area contributed by atoms with Gasteiger partial charge in [0, 0.05) is 6.04 Å². The van der Waals surface area contributed by atoms with Gasteiger partial charge in [0.05, 0.1) is 0 Å². The van der Waals surface area contributed by atoms with E-state index in [0.29, 0.717) is 6.04 Å². The van der Waals surface area contributed by atoms with Crippen molar-refractivity contribution in [2.45, 2.75) is 32.2 Å². The molecule has 1 atom stereocenters. The minimum atomic E-state index is -0.110. The standard InChI is InChI=1S/C12H16FN/c1-2-3-12-11-5-4-10(13)8-9(11)6-7-14-12/h4-5,8,12,14H,2-3,6-7H2,1H3. The van der Waals surface area contributed by atoms with Crippen LogP contribution in [0.2, 0.25) is 0 Å². The van der Waals surface area contributed by atoms with Crippen LogP contribution in [0.15, 0.2) is 18.2 Å². The van der Waals surface area contributed by atoms with Crippen LogP contribution in [-0.2, 0) is 6.42 Å². The van der Waals surface area contributed by atoms with E-state index < -0.39 is 0 Å². The Morgan fingerprint density at radius 1 is 1.50 bits per heavy atom. The Bertz CT molecular complexity index is 322. The van der Waals surface area contributed by atoms with Gasteiger partial charge in [-0.15, -0.1) is 0 Å². The van der Waals surface area contributed by atoms with E-state index in [1.165, 1.54) is 11.1 Å². The molecule has 1 nitrogen and oxygen atoms in total. The molecule has 0 radical (unpaired) electrons. The summed E-state index contributed by atoms with van der Waals surface area (Å²) in [6.45, 7) is 3.15. The number of benzene rings is 1. The van der Waals surface area contributed by atoms with Crippen molar-refractivity contribution in [2.24, 2.45) is 0 Å². The van der Waals surface area contributed by atoms with Gasteiger partial charge < -0.3 is 5.32 Å². The molecule has 0 aromatic heterocycles. The van der Waals surface area contributed by atoms with Gasteiger partial charge >= 0.3 is 0 Å². The predicted octanol–water partition coefficient (Wildman–Crippen LogP) is 2.81. The lowest BCUT2D eigenvalue weighted by molar-refractivity contribution is 0.468. The first-order valence-electron chi connectivity index (χ1n) is 5.33. The molecular weight excluding hydrogens is 177 g/mol. The maximum Gasteiger partial charge on any atom is 0.123 e. The fourth-order valence-electron chi connectivity index (χ4n) is 2.17. The topological polar surface area (TPSA) is 12.0 Å². The molecule has 14 heavy (non-hydrogen) atoms. The largest absolute Gasteiger partial charge is 0.310 e. The summed E-state index contributed by atoms with van der Waals surface area (Å²) in [5.41, 5.74) is 2.47. The number of hydrogen-bond donors (Lipinski definition) is 1. The first kappa shape index (κ1) is 9.66. The lowest BCUT2D eigenvalue weighted by Gasteiger charge is -2.26. The maximum atomic E-state index is 13.0. The van der Waals surface area contributed by atoms with Crippen molar-refractivity contribution in [3.8, 4) is 0 Å². The van der Waals surface area contributed by atoms with Gasteiger partial charge in [-0.2, -0.15) is 0 Å². The van der Waals surface area contributed by atoms with Gasteiger partial charge in [0.2, 0.25) is 0 Å². The maximum absolute atomic E-state index is 13.0. The van der Waals surface area contributed by atoms with Crippen LogP contribution in [0.4, 0.5) is 4.39 Å². The normalized spacial score (nSPS) is 20.6. The smallest absolute Gasteiger partial charge is 0.123 e. The molecule has 2 heteroatoms. The quantitative estimate of drug-likeness (QED) is 0.761. The first-order chi connectivity index (χ1) is 6.81. The summed E-state index contributed by atoms with van der Waals surface area (Å²) >= 11 is 0. The zero-order valence-corrected chi connectivity index (χ0v) is 8.52. The lowest BCUT2D eigenvalue weighted by atomic mass is 9.92. The second-order valence-corrected chi connectivity index (χ2v) is 3.89.